The summed E-state index contributed by atoms with van der Waals surface area (Å²) < 4.78 is 54.7. The highest BCUT2D eigenvalue weighted by Crippen LogP contribution is 2.29. The first-order chi connectivity index (χ1) is 12.7. The van der Waals surface area contributed by atoms with E-state index in [1.165, 1.54) is 6.92 Å². The summed E-state index contributed by atoms with van der Waals surface area (Å²) in [6, 6.07) is 1.27. The third-order valence-corrected chi connectivity index (χ3v) is 3.46. The average molecular weight is 385 g/mol. The van der Waals surface area contributed by atoms with Gasteiger partial charge in [0.2, 0.25) is 5.88 Å². The first-order valence-corrected chi connectivity index (χ1v) is 7.56. The van der Waals surface area contributed by atoms with Gasteiger partial charge in [0.25, 0.3) is 5.91 Å². The van der Waals surface area contributed by atoms with Gasteiger partial charge in [-0.3, -0.25) is 10.1 Å². The quantitative estimate of drug-likeness (QED) is 0.627. The van der Waals surface area contributed by atoms with Crippen molar-refractivity contribution in [2.75, 3.05) is 19.0 Å². The van der Waals surface area contributed by atoms with Crippen molar-refractivity contribution in [3.05, 3.63) is 52.0 Å². The van der Waals surface area contributed by atoms with Crippen LogP contribution < -0.4 is 5.32 Å². The topological polar surface area (TPSA) is 94.8 Å². The molecule has 1 aromatic heterocycles. The Morgan fingerprint density at radius 3 is 2.33 bits per heavy atom. The maximum absolute atomic E-state index is 13.8. The minimum atomic E-state index is -1.83. The molecule has 0 radical (unpaired) electrons. The molecule has 10 heteroatoms. The first-order valence-electron chi connectivity index (χ1n) is 7.56. The van der Waals surface area contributed by atoms with E-state index in [1.54, 1.807) is 6.92 Å². The summed E-state index contributed by atoms with van der Waals surface area (Å²) in [5.74, 6) is -8.81. The zero-order valence-electron chi connectivity index (χ0n) is 14.4. The molecule has 1 heterocycles. The van der Waals surface area contributed by atoms with Gasteiger partial charge in [-0.15, -0.1) is 0 Å². The first kappa shape index (κ1) is 20.0. The summed E-state index contributed by atoms with van der Waals surface area (Å²) in [6.45, 7) is 2.87. The van der Waals surface area contributed by atoms with E-state index in [4.69, 9.17) is 9.15 Å². The van der Waals surface area contributed by atoms with Gasteiger partial charge in [0.15, 0.2) is 17.5 Å². The minimum Gasteiger partial charge on any atom is -0.465 e. The van der Waals surface area contributed by atoms with Crippen LogP contribution in [0.2, 0.25) is 0 Å². The Morgan fingerprint density at radius 2 is 1.74 bits per heavy atom. The summed E-state index contributed by atoms with van der Waals surface area (Å²) in [4.78, 5) is 36.3. The number of carbonyl (C=O) groups is 3. The highest BCUT2D eigenvalue weighted by molar-refractivity contribution is 6.11. The Labute approximate surface area is 151 Å². The third kappa shape index (κ3) is 3.78. The van der Waals surface area contributed by atoms with Crippen LogP contribution in [0.1, 0.15) is 43.8 Å². The van der Waals surface area contributed by atoms with Gasteiger partial charge >= 0.3 is 11.9 Å². The number of aryl methyl sites for hydroxylation is 1. The average Bonchev–Trinajstić information content (AvgIpc) is 2.95. The molecule has 7 nitrogen and oxygen atoms in total. The van der Waals surface area contributed by atoms with Gasteiger partial charge in [-0.1, -0.05) is 0 Å². The fourth-order valence-electron chi connectivity index (χ4n) is 2.25. The van der Waals surface area contributed by atoms with Crippen molar-refractivity contribution in [1.29, 1.82) is 0 Å². The molecule has 0 saturated carbocycles. The zero-order chi connectivity index (χ0) is 20.3. The Hall–Kier alpha value is -3.30. The third-order valence-electron chi connectivity index (χ3n) is 3.46. The molecule has 0 spiro atoms. The van der Waals surface area contributed by atoms with Crippen molar-refractivity contribution in [2.24, 2.45) is 0 Å². The van der Waals surface area contributed by atoms with Crippen LogP contribution >= 0.6 is 0 Å². The zero-order valence-corrected chi connectivity index (χ0v) is 14.4. The molecule has 1 amide bonds. The minimum absolute atomic E-state index is 0.00578. The summed E-state index contributed by atoms with van der Waals surface area (Å²) in [6.07, 6.45) is 0. The SMILES string of the molecule is CCOC(=O)c1c(C)oc(NC(=O)c2ccc(F)c(F)c2F)c1C(=O)OC. The second-order valence-electron chi connectivity index (χ2n) is 5.13. The van der Waals surface area contributed by atoms with E-state index in [-0.39, 0.29) is 17.9 Å². The van der Waals surface area contributed by atoms with Crippen LogP contribution in [0.3, 0.4) is 0 Å². The van der Waals surface area contributed by atoms with Crippen molar-refractivity contribution in [3.8, 4) is 0 Å². The largest absolute Gasteiger partial charge is 0.465 e. The molecule has 1 aromatic carbocycles. The van der Waals surface area contributed by atoms with Crippen molar-refractivity contribution >= 4 is 23.7 Å². The molecule has 2 aromatic rings. The van der Waals surface area contributed by atoms with Gasteiger partial charge in [0.1, 0.15) is 16.9 Å². The van der Waals surface area contributed by atoms with Crippen molar-refractivity contribution in [3.63, 3.8) is 0 Å². The van der Waals surface area contributed by atoms with E-state index in [0.717, 1.165) is 7.11 Å². The van der Waals surface area contributed by atoms with E-state index < -0.39 is 52.3 Å². The molecule has 0 atom stereocenters. The molecule has 0 saturated heterocycles. The highest BCUT2D eigenvalue weighted by Gasteiger charge is 2.32. The number of hydrogen-bond donors (Lipinski definition) is 1. The Kier molecular flexibility index (Phi) is 5.88. The lowest BCUT2D eigenvalue weighted by Gasteiger charge is -2.07. The molecule has 27 heavy (non-hydrogen) atoms. The molecule has 0 aliphatic carbocycles. The fraction of sp³-hybridized carbons (Fsp3) is 0.235. The lowest BCUT2D eigenvalue weighted by atomic mass is 10.1. The van der Waals surface area contributed by atoms with Crippen LogP contribution in [0.4, 0.5) is 19.1 Å². The molecular weight excluding hydrogens is 371 g/mol. The number of anilines is 1. The molecule has 0 aliphatic rings. The molecule has 144 valence electrons. The Bertz CT molecular complexity index is 922. The fourth-order valence-corrected chi connectivity index (χ4v) is 2.25. The molecule has 0 bridgehead atoms. The van der Waals surface area contributed by atoms with Gasteiger partial charge in [-0.05, 0) is 26.0 Å². The number of methoxy groups -OCH3 is 1. The molecule has 2 rings (SSSR count). The molecule has 0 unspecified atom stereocenters. The van der Waals surface area contributed by atoms with Crippen LogP contribution in [0, 0.1) is 24.4 Å². The highest BCUT2D eigenvalue weighted by atomic mass is 19.2. The normalized spacial score (nSPS) is 10.4. The predicted octanol–water partition coefficient (Wildman–Crippen LogP) is 3.22. The lowest BCUT2D eigenvalue weighted by molar-refractivity contribution is 0.0504. The van der Waals surface area contributed by atoms with Crippen LogP contribution in [-0.4, -0.2) is 31.6 Å². The maximum atomic E-state index is 13.8. The van der Waals surface area contributed by atoms with Crippen LogP contribution in [-0.2, 0) is 9.47 Å². The maximum Gasteiger partial charge on any atom is 0.344 e. The number of hydrogen-bond acceptors (Lipinski definition) is 6. The summed E-state index contributed by atoms with van der Waals surface area (Å²) in [5, 5.41) is 2.04. The standard InChI is InChI=1S/C17H14F3NO6/c1-4-26-17(24)10-7(2)27-15(11(10)16(23)25-3)21-14(22)8-5-6-9(18)13(20)12(8)19/h5-6H,4H2,1-3H3,(H,21,22). The number of nitrogens with one attached hydrogen (secondary N) is 1. The van der Waals surface area contributed by atoms with Gasteiger partial charge in [-0.25, -0.2) is 22.8 Å². The van der Waals surface area contributed by atoms with E-state index in [2.05, 4.69) is 4.74 Å². The van der Waals surface area contributed by atoms with Gasteiger partial charge < -0.3 is 13.9 Å². The monoisotopic (exact) mass is 385 g/mol. The van der Waals surface area contributed by atoms with Crippen LogP contribution in [0.25, 0.3) is 0 Å². The van der Waals surface area contributed by atoms with Gasteiger partial charge in [0, 0.05) is 0 Å². The second-order valence-corrected chi connectivity index (χ2v) is 5.13. The molecule has 1 N–H and O–H groups in total. The second kappa shape index (κ2) is 7.94. The molecule has 0 aliphatic heterocycles. The van der Waals surface area contributed by atoms with Crippen LogP contribution in [0.5, 0.6) is 0 Å². The summed E-state index contributed by atoms with van der Waals surface area (Å²) in [5.41, 5.74) is -1.58. The summed E-state index contributed by atoms with van der Waals surface area (Å²) in [7, 11) is 1.03. The smallest absolute Gasteiger partial charge is 0.344 e. The number of amides is 1. The number of benzene rings is 1. The summed E-state index contributed by atoms with van der Waals surface area (Å²) >= 11 is 0. The Morgan fingerprint density at radius 1 is 1.07 bits per heavy atom. The lowest BCUT2D eigenvalue weighted by Crippen LogP contribution is -2.18. The molecule has 0 fully saturated rings. The molecular formula is C17H14F3NO6. The predicted molar refractivity (Wildman–Crippen MR) is 85.0 cm³/mol. The number of esters is 2. The number of carbonyl (C=O) groups excluding carboxylic acids is 3. The van der Waals surface area contributed by atoms with Gasteiger partial charge in [-0.2, -0.15) is 0 Å². The number of rotatable bonds is 5. The van der Waals surface area contributed by atoms with Gasteiger partial charge in [0.05, 0.1) is 19.3 Å². The van der Waals surface area contributed by atoms with E-state index in [0.29, 0.717) is 12.1 Å². The number of furan rings is 1. The number of halogens is 3. The van der Waals surface area contributed by atoms with E-state index in [1.807, 2.05) is 5.32 Å². The van der Waals surface area contributed by atoms with Crippen molar-refractivity contribution < 1.29 is 41.4 Å². The van der Waals surface area contributed by atoms with Crippen molar-refractivity contribution in [1.82, 2.24) is 0 Å². The van der Waals surface area contributed by atoms with Crippen LogP contribution in [0.15, 0.2) is 16.5 Å². The Balaban J connectivity index is 2.49. The number of ether oxygens (including phenoxy) is 2. The van der Waals surface area contributed by atoms with E-state index >= 15 is 0 Å². The van der Waals surface area contributed by atoms with E-state index in [9.17, 15) is 27.6 Å². The van der Waals surface area contributed by atoms with Crippen molar-refractivity contribution in [2.45, 2.75) is 13.8 Å².